The maximum absolute atomic E-state index is 14.0. The lowest BCUT2D eigenvalue weighted by atomic mass is 10.0. The molecule has 2 rings (SSSR count). The molecule has 1 unspecified atom stereocenters. The molecule has 106 valence electrons. The van der Waals surface area contributed by atoms with Crippen molar-refractivity contribution in [2.45, 2.75) is 5.38 Å². The molecule has 2 aromatic carbocycles. The zero-order valence-electron chi connectivity index (χ0n) is 10.3. The summed E-state index contributed by atoms with van der Waals surface area (Å²) in [4.78, 5) is 0. The van der Waals surface area contributed by atoms with Gasteiger partial charge in [0.25, 0.3) is 0 Å². The van der Waals surface area contributed by atoms with Crippen molar-refractivity contribution in [3.63, 3.8) is 0 Å². The van der Waals surface area contributed by atoms with Gasteiger partial charge in [-0.3, -0.25) is 0 Å². The fourth-order valence-corrected chi connectivity index (χ4v) is 3.16. The third-order valence-corrected chi connectivity index (χ3v) is 4.16. The van der Waals surface area contributed by atoms with Crippen LogP contribution >= 0.6 is 34.2 Å². The molecule has 1 nitrogen and oxygen atoms in total. The smallest absolute Gasteiger partial charge is 0.134 e. The predicted molar refractivity (Wildman–Crippen MR) is 79.7 cm³/mol. The Labute approximate surface area is 132 Å². The lowest BCUT2D eigenvalue weighted by Gasteiger charge is -2.15. The highest BCUT2D eigenvalue weighted by atomic mass is 127. The number of halogens is 5. The van der Waals surface area contributed by atoms with Gasteiger partial charge in [-0.2, -0.15) is 0 Å². The highest BCUT2D eigenvalue weighted by Crippen LogP contribution is 2.36. The van der Waals surface area contributed by atoms with Crippen LogP contribution in [0, 0.1) is 21.0 Å². The SMILES string of the molecule is COc1cc(F)c(C(Cl)c2ccc(F)cc2I)c(F)c1. The maximum atomic E-state index is 14.0. The molecule has 20 heavy (non-hydrogen) atoms. The van der Waals surface area contributed by atoms with E-state index in [-0.39, 0.29) is 11.3 Å². The van der Waals surface area contributed by atoms with Crippen LogP contribution in [-0.4, -0.2) is 7.11 Å². The summed E-state index contributed by atoms with van der Waals surface area (Å²) in [7, 11) is 1.31. The summed E-state index contributed by atoms with van der Waals surface area (Å²) in [6.07, 6.45) is 0. The molecule has 0 aliphatic carbocycles. The molecule has 0 saturated heterocycles. The molecule has 0 radical (unpaired) electrons. The van der Waals surface area contributed by atoms with E-state index < -0.39 is 22.8 Å². The molecule has 0 N–H and O–H groups in total. The van der Waals surface area contributed by atoms with Crippen molar-refractivity contribution in [1.82, 2.24) is 0 Å². The van der Waals surface area contributed by atoms with Gasteiger partial charge in [0.1, 0.15) is 23.2 Å². The average molecular weight is 413 g/mol. The number of methoxy groups -OCH3 is 1. The third kappa shape index (κ3) is 3.03. The molecule has 1 atom stereocenters. The fourth-order valence-electron chi connectivity index (χ4n) is 1.78. The first-order chi connectivity index (χ1) is 9.43. The Morgan fingerprint density at radius 1 is 1.10 bits per heavy atom. The minimum absolute atomic E-state index is 0.0708. The highest BCUT2D eigenvalue weighted by Gasteiger charge is 2.23. The molecular formula is C14H9ClF3IO. The Bertz CT molecular complexity index is 625. The van der Waals surface area contributed by atoms with Gasteiger partial charge in [0, 0.05) is 21.3 Å². The molecule has 0 saturated carbocycles. The van der Waals surface area contributed by atoms with E-state index in [1.165, 1.54) is 25.3 Å². The second-order valence-corrected chi connectivity index (χ2v) is 5.63. The van der Waals surface area contributed by atoms with E-state index in [9.17, 15) is 13.2 Å². The third-order valence-electron chi connectivity index (χ3n) is 2.78. The Morgan fingerprint density at radius 3 is 2.20 bits per heavy atom. The molecule has 0 amide bonds. The van der Waals surface area contributed by atoms with Crippen LogP contribution in [0.4, 0.5) is 13.2 Å². The predicted octanol–water partition coefficient (Wildman–Crippen LogP) is 5.05. The van der Waals surface area contributed by atoms with Crippen molar-refractivity contribution in [3.05, 3.63) is 62.5 Å². The first-order valence-electron chi connectivity index (χ1n) is 5.56. The summed E-state index contributed by atoms with van der Waals surface area (Å²) >= 11 is 8.02. The number of hydrogen-bond acceptors (Lipinski definition) is 1. The monoisotopic (exact) mass is 412 g/mol. The van der Waals surface area contributed by atoms with Gasteiger partial charge in [-0.1, -0.05) is 6.07 Å². The molecule has 0 fully saturated rings. The molecule has 2 aromatic rings. The summed E-state index contributed by atoms with van der Waals surface area (Å²) in [6.45, 7) is 0. The second-order valence-electron chi connectivity index (χ2n) is 4.03. The maximum Gasteiger partial charge on any atom is 0.134 e. The molecule has 0 aliphatic rings. The van der Waals surface area contributed by atoms with Gasteiger partial charge in [0.2, 0.25) is 0 Å². The van der Waals surface area contributed by atoms with E-state index in [1.807, 2.05) is 22.6 Å². The lowest BCUT2D eigenvalue weighted by Crippen LogP contribution is -2.04. The minimum atomic E-state index is -1.05. The summed E-state index contributed by atoms with van der Waals surface area (Å²) in [5.41, 5.74) is 0.161. The van der Waals surface area contributed by atoms with Crippen molar-refractivity contribution in [2.75, 3.05) is 7.11 Å². The van der Waals surface area contributed by atoms with Crippen LogP contribution in [0.5, 0.6) is 5.75 Å². The fraction of sp³-hybridized carbons (Fsp3) is 0.143. The number of ether oxygens (including phenoxy) is 1. The van der Waals surface area contributed by atoms with Crippen LogP contribution in [0.1, 0.15) is 16.5 Å². The largest absolute Gasteiger partial charge is 0.497 e. The average Bonchev–Trinajstić information content (AvgIpc) is 2.37. The summed E-state index contributed by atoms with van der Waals surface area (Å²) in [6, 6.07) is 5.99. The zero-order chi connectivity index (χ0) is 14.9. The summed E-state index contributed by atoms with van der Waals surface area (Å²) in [5, 5.41) is -1.05. The first-order valence-corrected chi connectivity index (χ1v) is 7.07. The van der Waals surface area contributed by atoms with Crippen LogP contribution < -0.4 is 4.74 Å². The molecule has 0 heterocycles. The van der Waals surface area contributed by atoms with E-state index in [0.717, 1.165) is 12.1 Å². The van der Waals surface area contributed by atoms with Crippen LogP contribution in [0.3, 0.4) is 0 Å². The number of benzene rings is 2. The summed E-state index contributed by atoms with van der Waals surface area (Å²) < 4.78 is 46.3. The molecule has 0 aromatic heterocycles. The molecule has 0 spiro atoms. The van der Waals surface area contributed by atoms with Crippen molar-refractivity contribution in [3.8, 4) is 5.75 Å². The van der Waals surface area contributed by atoms with Crippen LogP contribution in [0.25, 0.3) is 0 Å². The standard InChI is InChI=1S/C14H9ClF3IO/c1-20-8-5-10(17)13(11(18)6-8)14(15)9-3-2-7(16)4-12(9)19/h2-6,14H,1H3. The van der Waals surface area contributed by atoms with E-state index >= 15 is 0 Å². The molecule has 6 heteroatoms. The lowest BCUT2D eigenvalue weighted by molar-refractivity contribution is 0.405. The van der Waals surface area contributed by atoms with Crippen molar-refractivity contribution < 1.29 is 17.9 Å². The van der Waals surface area contributed by atoms with E-state index in [1.54, 1.807) is 0 Å². The van der Waals surface area contributed by atoms with E-state index in [2.05, 4.69) is 0 Å². The quantitative estimate of drug-likeness (QED) is 0.507. The van der Waals surface area contributed by atoms with Gasteiger partial charge in [0.05, 0.1) is 12.5 Å². The van der Waals surface area contributed by atoms with E-state index in [4.69, 9.17) is 16.3 Å². The van der Waals surface area contributed by atoms with Gasteiger partial charge >= 0.3 is 0 Å². The van der Waals surface area contributed by atoms with Crippen LogP contribution in [-0.2, 0) is 0 Å². The van der Waals surface area contributed by atoms with Gasteiger partial charge in [-0.25, -0.2) is 13.2 Å². The number of alkyl halides is 1. The van der Waals surface area contributed by atoms with Crippen LogP contribution in [0.15, 0.2) is 30.3 Å². The second kappa shape index (κ2) is 6.22. The molecule has 0 bridgehead atoms. The van der Waals surface area contributed by atoms with Gasteiger partial charge in [-0.05, 0) is 40.3 Å². The van der Waals surface area contributed by atoms with Crippen LogP contribution in [0.2, 0.25) is 0 Å². The Balaban J connectivity index is 2.50. The molecule has 0 aliphatic heterocycles. The number of rotatable bonds is 3. The number of hydrogen-bond donors (Lipinski definition) is 0. The minimum Gasteiger partial charge on any atom is -0.497 e. The highest BCUT2D eigenvalue weighted by molar-refractivity contribution is 14.1. The van der Waals surface area contributed by atoms with Gasteiger partial charge in [0.15, 0.2) is 0 Å². The Morgan fingerprint density at radius 2 is 1.70 bits per heavy atom. The van der Waals surface area contributed by atoms with Gasteiger partial charge < -0.3 is 4.74 Å². The Kier molecular flexibility index (Phi) is 4.80. The topological polar surface area (TPSA) is 9.23 Å². The van der Waals surface area contributed by atoms with Crippen molar-refractivity contribution in [2.24, 2.45) is 0 Å². The van der Waals surface area contributed by atoms with Crippen molar-refractivity contribution in [1.29, 1.82) is 0 Å². The van der Waals surface area contributed by atoms with Gasteiger partial charge in [-0.15, -0.1) is 11.6 Å². The zero-order valence-corrected chi connectivity index (χ0v) is 13.2. The Hall–Kier alpha value is -0.950. The van der Waals surface area contributed by atoms with Crippen molar-refractivity contribution >= 4 is 34.2 Å². The normalized spacial score (nSPS) is 12.3. The van der Waals surface area contributed by atoms with E-state index in [0.29, 0.717) is 9.13 Å². The first kappa shape index (κ1) is 15.4. The molecular weight excluding hydrogens is 404 g/mol. The summed E-state index contributed by atoms with van der Waals surface area (Å²) in [5.74, 6) is -1.97.